The van der Waals surface area contributed by atoms with Gasteiger partial charge in [-0.15, -0.1) is 0 Å². The summed E-state index contributed by atoms with van der Waals surface area (Å²) in [5.74, 6) is 0.0946. The molecule has 0 radical (unpaired) electrons. The summed E-state index contributed by atoms with van der Waals surface area (Å²) < 4.78 is 0. The summed E-state index contributed by atoms with van der Waals surface area (Å²) in [4.78, 5) is 17.4. The van der Waals surface area contributed by atoms with Crippen LogP contribution < -0.4 is 4.90 Å². The van der Waals surface area contributed by atoms with Crippen molar-refractivity contribution in [2.45, 2.75) is 39.7 Å². The molecule has 0 saturated heterocycles. The van der Waals surface area contributed by atoms with E-state index in [1.807, 2.05) is 17.0 Å². The highest BCUT2D eigenvalue weighted by atomic mass is 35.5. The molecule has 0 bridgehead atoms. The van der Waals surface area contributed by atoms with Crippen molar-refractivity contribution in [1.82, 2.24) is 4.90 Å². The number of halogens is 2. The van der Waals surface area contributed by atoms with Gasteiger partial charge in [-0.2, -0.15) is 0 Å². The molecule has 0 aromatic heterocycles. The molecule has 2 aromatic rings. The van der Waals surface area contributed by atoms with Crippen molar-refractivity contribution in [2.24, 2.45) is 0 Å². The molecule has 144 valence electrons. The topological polar surface area (TPSA) is 23.6 Å². The summed E-state index contributed by atoms with van der Waals surface area (Å²) in [5.41, 5.74) is 4.11. The molecule has 2 aromatic carbocycles. The third kappa shape index (κ3) is 4.59. The molecule has 0 aliphatic carbocycles. The Labute approximate surface area is 171 Å². The molecule has 5 heteroatoms. The van der Waals surface area contributed by atoms with Crippen LogP contribution in [0.15, 0.2) is 36.4 Å². The van der Waals surface area contributed by atoms with Gasteiger partial charge in [0.1, 0.15) is 0 Å². The summed E-state index contributed by atoms with van der Waals surface area (Å²) >= 11 is 12.1. The number of fused-ring (bicyclic) bond motifs is 1. The normalized spacial score (nSPS) is 13.6. The van der Waals surface area contributed by atoms with E-state index in [9.17, 15) is 4.79 Å². The van der Waals surface area contributed by atoms with Gasteiger partial charge in [0.15, 0.2) is 0 Å². The van der Waals surface area contributed by atoms with Gasteiger partial charge in [-0.05, 0) is 54.7 Å². The van der Waals surface area contributed by atoms with Crippen LogP contribution in [0.2, 0.25) is 10.0 Å². The number of rotatable bonds is 7. The van der Waals surface area contributed by atoms with E-state index in [1.54, 1.807) is 6.07 Å². The van der Waals surface area contributed by atoms with Crippen molar-refractivity contribution in [3.8, 4) is 0 Å². The van der Waals surface area contributed by atoms with Crippen LogP contribution in [0.5, 0.6) is 0 Å². The molecule has 1 amide bonds. The highest BCUT2D eigenvalue weighted by Gasteiger charge is 2.25. The van der Waals surface area contributed by atoms with Crippen molar-refractivity contribution < 1.29 is 4.79 Å². The van der Waals surface area contributed by atoms with Gasteiger partial charge in [0.2, 0.25) is 0 Å². The fourth-order valence-corrected chi connectivity index (χ4v) is 3.95. The van der Waals surface area contributed by atoms with Crippen LogP contribution in [0.4, 0.5) is 5.69 Å². The van der Waals surface area contributed by atoms with Crippen LogP contribution in [0, 0.1) is 0 Å². The van der Waals surface area contributed by atoms with Gasteiger partial charge in [-0.25, -0.2) is 0 Å². The maximum Gasteiger partial charge on any atom is 0.254 e. The lowest BCUT2D eigenvalue weighted by Crippen LogP contribution is -2.37. The minimum Gasteiger partial charge on any atom is -0.372 e. The molecular formula is C22H26Cl2N2O. The standard InChI is InChI=1S/C22H26Cl2N2O/c1-3-10-25(11-4-2)18-7-6-17-9-12-26(22(27)19(17)14-18)15-16-5-8-20(23)21(24)13-16/h5-8,13-14H,3-4,9-12,15H2,1-2H3. The van der Waals surface area contributed by atoms with Crippen LogP contribution in [-0.4, -0.2) is 30.4 Å². The van der Waals surface area contributed by atoms with E-state index in [1.165, 1.54) is 0 Å². The van der Waals surface area contributed by atoms with Gasteiger partial charge in [-0.1, -0.05) is 49.2 Å². The third-order valence-electron chi connectivity index (χ3n) is 4.97. The van der Waals surface area contributed by atoms with Crippen LogP contribution in [0.3, 0.4) is 0 Å². The number of nitrogens with zero attached hydrogens (tertiary/aromatic N) is 2. The SMILES string of the molecule is CCCN(CCC)c1ccc2c(c1)C(=O)N(Cc1ccc(Cl)c(Cl)c1)CC2. The molecule has 1 aliphatic heterocycles. The second kappa shape index (κ2) is 8.99. The fraction of sp³-hybridized carbons (Fsp3) is 0.409. The number of amides is 1. The molecule has 3 rings (SSSR count). The van der Waals surface area contributed by atoms with Crippen LogP contribution in [-0.2, 0) is 13.0 Å². The molecular weight excluding hydrogens is 379 g/mol. The molecule has 3 nitrogen and oxygen atoms in total. The smallest absolute Gasteiger partial charge is 0.254 e. The average Bonchev–Trinajstić information content (AvgIpc) is 2.66. The molecule has 0 unspecified atom stereocenters. The fourth-order valence-electron chi connectivity index (χ4n) is 3.62. The molecule has 0 N–H and O–H groups in total. The first-order valence-corrected chi connectivity index (χ1v) is 10.4. The van der Waals surface area contributed by atoms with E-state index >= 15 is 0 Å². The summed E-state index contributed by atoms with van der Waals surface area (Å²) in [7, 11) is 0. The Morgan fingerprint density at radius 1 is 1.00 bits per heavy atom. The number of carbonyl (C=O) groups is 1. The summed E-state index contributed by atoms with van der Waals surface area (Å²) in [6.07, 6.45) is 3.06. The summed E-state index contributed by atoms with van der Waals surface area (Å²) in [6.45, 7) is 7.66. The Morgan fingerprint density at radius 3 is 2.41 bits per heavy atom. The molecule has 1 aliphatic rings. The number of hydrogen-bond donors (Lipinski definition) is 0. The maximum absolute atomic E-state index is 13.1. The average molecular weight is 405 g/mol. The minimum atomic E-state index is 0.0946. The zero-order valence-electron chi connectivity index (χ0n) is 16.0. The highest BCUT2D eigenvalue weighted by molar-refractivity contribution is 6.42. The first kappa shape index (κ1) is 20.0. The molecule has 0 saturated carbocycles. The summed E-state index contributed by atoms with van der Waals surface area (Å²) in [6, 6.07) is 11.9. The number of anilines is 1. The maximum atomic E-state index is 13.1. The Morgan fingerprint density at radius 2 is 1.74 bits per heavy atom. The predicted octanol–water partition coefficient (Wildman–Crippen LogP) is 5.82. The van der Waals surface area contributed by atoms with Crippen LogP contribution in [0.1, 0.15) is 48.2 Å². The first-order valence-electron chi connectivity index (χ1n) is 9.64. The van der Waals surface area contributed by atoms with Crippen molar-refractivity contribution in [3.05, 3.63) is 63.1 Å². The monoisotopic (exact) mass is 404 g/mol. The zero-order valence-corrected chi connectivity index (χ0v) is 17.5. The van der Waals surface area contributed by atoms with Gasteiger partial charge in [0.25, 0.3) is 5.91 Å². The molecule has 0 fully saturated rings. The van der Waals surface area contributed by atoms with Crippen molar-refractivity contribution in [3.63, 3.8) is 0 Å². The molecule has 27 heavy (non-hydrogen) atoms. The molecule has 0 spiro atoms. The van der Waals surface area contributed by atoms with Crippen LogP contribution >= 0.6 is 23.2 Å². The van der Waals surface area contributed by atoms with E-state index in [-0.39, 0.29) is 5.91 Å². The second-order valence-electron chi connectivity index (χ2n) is 7.05. The van der Waals surface area contributed by atoms with E-state index in [4.69, 9.17) is 23.2 Å². The lowest BCUT2D eigenvalue weighted by Gasteiger charge is -2.31. The Balaban J connectivity index is 1.82. The van der Waals surface area contributed by atoms with Gasteiger partial charge in [0.05, 0.1) is 10.0 Å². The predicted molar refractivity (Wildman–Crippen MR) is 114 cm³/mol. The minimum absolute atomic E-state index is 0.0946. The molecule has 0 atom stereocenters. The highest BCUT2D eigenvalue weighted by Crippen LogP contribution is 2.28. The Bertz CT molecular complexity index is 816. The quantitative estimate of drug-likeness (QED) is 0.580. The third-order valence-corrected chi connectivity index (χ3v) is 5.71. The number of hydrogen-bond acceptors (Lipinski definition) is 2. The number of benzene rings is 2. The van der Waals surface area contributed by atoms with E-state index in [2.05, 4.69) is 36.9 Å². The van der Waals surface area contributed by atoms with Gasteiger partial charge < -0.3 is 9.80 Å². The van der Waals surface area contributed by atoms with Gasteiger partial charge >= 0.3 is 0 Å². The van der Waals surface area contributed by atoms with Gasteiger partial charge in [0, 0.05) is 37.4 Å². The van der Waals surface area contributed by atoms with E-state index < -0.39 is 0 Å². The van der Waals surface area contributed by atoms with E-state index in [0.717, 1.165) is 61.3 Å². The molecule has 1 heterocycles. The Kier molecular flexibility index (Phi) is 6.67. The summed E-state index contributed by atoms with van der Waals surface area (Å²) in [5, 5.41) is 1.06. The lowest BCUT2D eigenvalue weighted by atomic mass is 9.97. The van der Waals surface area contributed by atoms with Crippen molar-refractivity contribution in [2.75, 3.05) is 24.5 Å². The number of carbonyl (C=O) groups excluding carboxylic acids is 1. The van der Waals surface area contributed by atoms with Crippen molar-refractivity contribution in [1.29, 1.82) is 0 Å². The largest absolute Gasteiger partial charge is 0.372 e. The van der Waals surface area contributed by atoms with Gasteiger partial charge in [-0.3, -0.25) is 4.79 Å². The van der Waals surface area contributed by atoms with Crippen molar-refractivity contribution >= 4 is 34.8 Å². The second-order valence-corrected chi connectivity index (χ2v) is 7.87. The Hall–Kier alpha value is -1.71. The first-order chi connectivity index (χ1) is 13.0. The zero-order chi connectivity index (χ0) is 19.4. The van der Waals surface area contributed by atoms with E-state index in [0.29, 0.717) is 16.6 Å². The lowest BCUT2D eigenvalue weighted by molar-refractivity contribution is 0.0727. The van der Waals surface area contributed by atoms with Crippen LogP contribution in [0.25, 0.3) is 0 Å².